The van der Waals surface area contributed by atoms with Crippen LogP contribution in [0.1, 0.15) is 28.4 Å². The zero-order valence-electron chi connectivity index (χ0n) is 18.6. The van der Waals surface area contributed by atoms with Crippen molar-refractivity contribution in [3.63, 3.8) is 0 Å². The molecule has 0 saturated carbocycles. The number of fused-ring (bicyclic) bond motifs is 7. The number of anilines is 2. The van der Waals surface area contributed by atoms with Crippen molar-refractivity contribution in [3.05, 3.63) is 132 Å². The number of nitrogens with one attached hydrogen (secondary N) is 1. The summed E-state index contributed by atoms with van der Waals surface area (Å²) >= 11 is 0. The van der Waals surface area contributed by atoms with Crippen LogP contribution in [0.4, 0.5) is 11.4 Å². The largest absolute Gasteiger partial charge is 0.460 e. The molecule has 34 heavy (non-hydrogen) atoms. The van der Waals surface area contributed by atoms with E-state index in [1.807, 2.05) is 12.1 Å². The molecule has 5 aromatic rings. The quantitative estimate of drug-likeness (QED) is 0.305. The molecule has 4 aromatic carbocycles. The van der Waals surface area contributed by atoms with Gasteiger partial charge in [0.1, 0.15) is 11.3 Å². The minimum Gasteiger partial charge on any atom is -0.460 e. The smallest absolute Gasteiger partial charge is 0.134 e. The summed E-state index contributed by atoms with van der Waals surface area (Å²) in [7, 11) is 0. The summed E-state index contributed by atoms with van der Waals surface area (Å²) in [6.07, 6.45) is 9.10. The van der Waals surface area contributed by atoms with E-state index in [0.717, 1.165) is 22.7 Å². The molecule has 2 heteroatoms. The summed E-state index contributed by atoms with van der Waals surface area (Å²) in [4.78, 5) is 0. The van der Waals surface area contributed by atoms with Crippen LogP contribution in [0.2, 0.25) is 0 Å². The summed E-state index contributed by atoms with van der Waals surface area (Å²) < 4.78 is 6.40. The number of allylic oxidation sites excluding steroid dienone is 2. The molecule has 0 saturated heterocycles. The first kappa shape index (κ1) is 19.2. The summed E-state index contributed by atoms with van der Waals surface area (Å²) in [6, 6.07) is 34.1. The number of rotatable bonds is 3. The molecular formula is C32H23NO. The van der Waals surface area contributed by atoms with Gasteiger partial charge in [-0.25, -0.2) is 0 Å². The highest BCUT2D eigenvalue weighted by atomic mass is 16.3. The van der Waals surface area contributed by atoms with Gasteiger partial charge in [0.25, 0.3) is 0 Å². The first-order chi connectivity index (χ1) is 16.8. The van der Waals surface area contributed by atoms with Crippen molar-refractivity contribution in [2.75, 3.05) is 5.32 Å². The zero-order valence-corrected chi connectivity index (χ0v) is 18.6. The zero-order chi connectivity index (χ0) is 22.5. The first-order valence-corrected chi connectivity index (χ1v) is 11.8. The highest BCUT2D eigenvalue weighted by Crippen LogP contribution is 2.47. The Labute approximate surface area is 198 Å². The molecule has 0 bridgehead atoms. The summed E-state index contributed by atoms with van der Waals surface area (Å²) in [6.45, 7) is 0. The molecule has 0 aliphatic heterocycles. The van der Waals surface area contributed by atoms with E-state index < -0.39 is 0 Å². The fourth-order valence-corrected chi connectivity index (χ4v) is 5.37. The van der Waals surface area contributed by atoms with Crippen LogP contribution < -0.4 is 5.32 Å². The molecule has 0 radical (unpaired) electrons. The topological polar surface area (TPSA) is 25.2 Å². The van der Waals surface area contributed by atoms with Crippen LogP contribution in [0, 0.1) is 5.92 Å². The summed E-state index contributed by atoms with van der Waals surface area (Å²) in [5.74, 6) is 1.61. The number of hydrogen-bond acceptors (Lipinski definition) is 2. The SMILES string of the molecule is C1=CC2C=Cc3c(oc4ccccc34)C2c2ccc(Nc3cccc(-c4ccccc4)c3)cc21. The third kappa shape index (κ3) is 3.11. The van der Waals surface area contributed by atoms with Gasteiger partial charge in [-0.3, -0.25) is 0 Å². The molecule has 2 aliphatic rings. The fraction of sp³-hybridized carbons (Fsp3) is 0.0625. The van der Waals surface area contributed by atoms with Crippen molar-refractivity contribution < 1.29 is 4.42 Å². The van der Waals surface area contributed by atoms with Gasteiger partial charge in [-0.2, -0.15) is 0 Å². The van der Waals surface area contributed by atoms with Crippen LogP contribution in [0.15, 0.2) is 114 Å². The van der Waals surface area contributed by atoms with Crippen molar-refractivity contribution in [2.45, 2.75) is 5.92 Å². The molecule has 0 spiro atoms. The van der Waals surface area contributed by atoms with Gasteiger partial charge in [0.05, 0.1) is 5.92 Å². The molecule has 0 amide bonds. The van der Waals surface area contributed by atoms with Gasteiger partial charge in [0.15, 0.2) is 0 Å². The van der Waals surface area contributed by atoms with Crippen molar-refractivity contribution in [3.8, 4) is 11.1 Å². The van der Waals surface area contributed by atoms with Gasteiger partial charge in [0.2, 0.25) is 0 Å². The van der Waals surface area contributed by atoms with Crippen molar-refractivity contribution in [1.29, 1.82) is 0 Å². The highest BCUT2D eigenvalue weighted by molar-refractivity contribution is 5.90. The summed E-state index contributed by atoms with van der Waals surface area (Å²) in [5, 5.41) is 4.80. The van der Waals surface area contributed by atoms with Gasteiger partial charge in [-0.1, -0.05) is 91.0 Å². The summed E-state index contributed by atoms with van der Waals surface area (Å²) in [5.41, 5.74) is 9.34. The lowest BCUT2D eigenvalue weighted by atomic mass is 9.74. The molecule has 2 unspecified atom stereocenters. The van der Waals surface area contributed by atoms with E-state index in [1.165, 1.54) is 33.2 Å². The molecule has 0 fully saturated rings. The predicted molar refractivity (Wildman–Crippen MR) is 141 cm³/mol. The van der Waals surface area contributed by atoms with Gasteiger partial charge in [-0.15, -0.1) is 0 Å². The fourth-order valence-electron chi connectivity index (χ4n) is 5.37. The van der Waals surface area contributed by atoms with E-state index in [0.29, 0.717) is 5.92 Å². The Hall–Kier alpha value is -4.30. The Balaban J connectivity index is 1.24. The molecule has 1 N–H and O–H groups in total. The molecule has 2 atom stereocenters. The van der Waals surface area contributed by atoms with E-state index in [2.05, 4.69) is 115 Å². The predicted octanol–water partition coefficient (Wildman–Crippen LogP) is 8.65. The maximum atomic E-state index is 6.40. The lowest BCUT2D eigenvalue weighted by Gasteiger charge is -2.30. The maximum Gasteiger partial charge on any atom is 0.134 e. The van der Waals surface area contributed by atoms with Crippen LogP contribution in [0.25, 0.3) is 34.2 Å². The molecule has 1 heterocycles. The Morgan fingerprint density at radius 3 is 2.38 bits per heavy atom. The van der Waals surface area contributed by atoms with Gasteiger partial charge < -0.3 is 9.73 Å². The average molecular weight is 438 g/mol. The van der Waals surface area contributed by atoms with E-state index in [4.69, 9.17) is 4.42 Å². The van der Waals surface area contributed by atoms with E-state index in [1.54, 1.807) is 0 Å². The Kier molecular flexibility index (Phi) is 4.31. The highest BCUT2D eigenvalue weighted by Gasteiger charge is 2.34. The molecule has 162 valence electrons. The van der Waals surface area contributed by atoms with Crippen molar-refractivity contribution in [1.82, 2.24) is 0 Å². The standard InChI is InChI=1S/C32H23NO/c1-2-7-21(8-3-1)23-9-6-10-25(19-23)33-26-16-18-27-24(20-26)14-13-22-15-17-29-28-11-4-5-12-30(28)34-32(29)31(22)27/h1-20,22,31,33H. The normalized spacial score (nSPS) is 17.8. The second-order valence-electron chi connectivity index (χ2n) is 9.06. The molecule has 2 nitrogen and oxygen atoms in total. The van der Waals surface area contributed by atoms with Crippen LogP contribution >= 0.6 is 0 Å². The third-order valence-corrected chi connectivity index (χ3v) is 6.99. The lowest BCUT2D eigenvalue weighted by Crippen LogP contribution is -2.17. The number of para-hydroxylation sites is 1. The van der Waals surface area contributed by atoms with Crippen LogP contribution in [0.3, 0.4) is 0 Å². The number of furan rings is 1. The molecule has 7 rings (SSSR count). The second-order valence-corrected chi connectivity index (χ2v) is 9.06. The van der Waals surface area contributed by atoms with E-state index in [-0.39, 0.29) is 5.92 Å². The monoisotopic (exact) mass is 437 g/mol. The Bertz CT molecular complexity index is 1590. The number of hydrogen-bond donors (Lipinski definition) is 1. The number of benzene rings is 4. The molecular weight excluding hydrogens is 414 g/mol. The van der Waals surface area contributed by atoms with Crippen molar-refractivity contribution >= 4 is 34.5 Å². The van der Waals surface area contributed by atoms with Gasteiger partial charge >= 0.3 is 0 Å². The molecule has 1 aromatic heterocycles. The van der Waals surface area contributed by atoms with Crippen molar-refractivity contribution in [2.24, 2.45) is 5.92 Å². The maximum absolute atomic E-state index is 6.40. The Morgan fingerprint density at radius 1 is 0.647 bits per heavy atom. The minimum atomic E-state index is 0.211. The van der Waals surface area contributed by atoms with Gasteiger partial charge in [0, 0.05) is 28.2 Å². The van der Waals surface area contributed by atoms with Crippen LogP contribution in [-0.4, -0.2) is 0 Å². The van der Waals surface area contributed by atoms with E-state index >= 15 is 0 Å². The van der Waals surface area contributed by atoms with E-state index in [9.17, 15) is 0 Å². The second kappa shape index (κ2) is 7.64. The average Bonchev–Trinajstić information content (AvgIpc) is 3.28. The molecule has 2 aliphatic carbocycles. The third-order valence-electron chi connectivity index (χ3n) is 6.99. The lowest BCUT2D eigenvalue weighted by molar-refractivity contribution is 0.485. The van der Waals surface area contributed by atoms with Crippen LogP contribution in [-0.2, 0) is 0 Å². The Morgan fingerprint density at radius 2 is 1.44 bits per heavy atom. The minimum absolute atomic E-state index is 0.211. The van der Waals surface area contributed by atoms with Crippen LogP contribution in [0.5, 0.6) is 0 Å². The van der Waals surface area contributed by atoms with Gasteiger partial charge in [-0.05, 0) is 52.6 Å². The first-order valence-electron chi connectivity index (χ1n) is 11.8.